The summed E-state index contributed by atoms with van der Waals surface area (Å²) in [5.74, 6) is 1.89. The Morgan fingerprint density at radius 3 is 2.48 bits per heavy atom. The molecule has 0 spiro atoms. The Morgan fingerprint density at radius 1 is 1.03 bits per heavy atom. The number of nitrogens with zero attached hydrogens (tertiary/aromatic N) is 5. The summed E-state index contributed by atoms with van der Waals surface area (Å²) in [6.45, 7) is 2.60. The fourth-order valence-electron chi connectivity index (χ4n) is 3.34. The maximum Gasteiger partial charge on any atom is 0.242 e. The van der Waals surface area contributed by atoms with Crippen LogP contribution in [0.5, 0.6) is 0 Å². The number of aromatic nitrogens is 3. The van der Waals surface area contributed by atoms with Crippen LogP contribution in [-0.4, -0.2) is 75.1 Å². The second kappa shape index (κ2) is 9.69. The second-order valence-electron chi connectivity index (χ2n) is 7.66. The summed E-state index contributed by atoms with van der Waals surface area (Å²) in [4.78, 5) is 16.1. The van der Waals surface area contributed by atoms with Crippen molar-refractivity contribution in [3.63, 3.8) is 0 Å². The van der Waals surface area contributed by atoms with Crippen molar-refractivity contribution in [1.29, 1.82) is 0 Å². The molecule has 1 aromatic carbocycles. The number of benzene rings is 1. The average Bonchev–Trinajstić information content (AvgIpc) is 2.84. The molecule has 11 heteroatoms. The lowest BCUT2D eigenvalue weighted by Crippen LogP contribution is -2.37. The molecule has 0 radical (unpaired) electrons. The van der Waals surface area contributed by atoms with Gasteiger partial charge in [-0.1, -0.05) is 6.07 Å². The molecule has 3 aromatic rings. The highest BCUT2D eigenvalue weighted by Gasteiger charge is 2.19. The molecule has 0 atom stereocenters. The van der Waals surface area contributed by atoms with Gasteiger partial charge >= 0.3 is 0 Å². The summed E-state index contributed by atoms with van der Waals surface area (Å²) in [7, 11) is 1.28. The van der Waals surface area contributed by atoms with Gasteiger partial charge in [0.2, 0.25) is 16.0 Å². The minimum atomic E-state index is -3.55. The summed E-state index contributed by atoms with van der Waals surface area (Å²) < 4.78 is 31.7. The number of ether oxygens (including phenoxy) is 1. The van der Waals surface area contributed by atoms with E-state index in [0.29, 0.717) is 49.5 Å². The van der Waals surface area contributed by atoms with Crippen molar-refractivity contribution in [2.45, 2.75) is 4.90 Å². The molecule has 1 fully saturated rings. The van der Waals surface area contributed by atoms with Crippen LogP contribution in [0.15, 0.2) is 53.6 Å². The largest absolute Gasteiger partial charge is 0.378 e. The van der Waals surface area contributed by atoms with Crippen LogP contribution in [0.1, 0.15) is 0 Å². The van der Waals surface area contributed by atoms with E-state index in [0.717, 1.165) is 11.4 Å². The number of hydrogen-bond acceptors (Lipinski definition) is 9. The highest BCUT2D eigenvalue weighted by molar-refractivity contribution is 7.89. The number of anilines is 4. The molecular formula is C22H27N7O3S. The number of nitrogens with one attached hydrogen (secondary N) is 2. The first-order valence-electron chi connectivity index (χ1n) is 10.5. The Bertz CT molecular complexity index is 1210. The number of morpholine rings is 1. The van der Waals surface area contributed by atoms with E-state index >= 15 is 0 Å². The lowest BCUT2D eigenvalue weighted by molar-refractivity contribution is 0.122. The maximum absolute atomic E-state index is 12.5. The van der Waals surface area contributed by atoms with Crippen molar-refractivity contribution in [3.8, 4) is 11.3 Å². The molecule has 0 saturated carbocycles. The van der Waals surface area contributed by atoms with Crippen LogP contribution < -0.4 is 15.5 Å². The van der Waals surface area contributed by atoms with Gasteiger partial charge in [-0.25, -0.2) is 22.7 Å². The number of rotatable bonds is 7. The maximum atomic E-state index is 12.5. The van der Waals surface area contributed by atoms with Crippen molar-refractivity contribution in [2.75, 3.05) is 63.0 Å². The third kappa shape index (κ3) is 5.21. The monoisotopic (exact) mass is 469 g/mol. The summed E-state index contributed by atoms with van der Waals surface area (Å²) >= 11 is 0. The minimum absolute atomic E-state index is 0.201. The smallest absolute Gasteiger partial charge is 0.242 e. The average molecular weight is 470 g/mol. The molecule has 2 aromatic heterocycles. The van der Waals surface area contributed by atoms with Crippen molar-refractivity contribution >= 4 is 33.3 Å². The van der Waals surface area contributed by atoms with Crippen molar-refractivity contribution in [2.24, 2.45) is 0 Å². The molecule has 174 valence electrons. The third-order valence-electron chi connectivity index (χ3n) is 5.21. The van der Waals surface area contributed by atoms with Crippen molar-refractivity contribution in [1.82, 2.24) is 19.3 Å². The molecule has 1 aliphatic heterocycles. The third-order valence-corrected chi connectivity index (χ3v) is 7.02. The van der Waals surface area contributed by atoms with Gasteiger partial charge in [-0.05, 0) is 30.3 Å². The van der Waals surface area contributed by atoms with E-state index in [9.17, 15) is 8.42 Å². The molecule has 0 unspecified atom stereocenters. The van der Waals surface area contributed by atoms with E-state index in [2.05, 4.69) is 20.5 Å². The standard InChI is InChI=1S/C22H27N7O3S/c1-23-20-8-7-16(15-24-20)19-14-21(27-22(26-19)29-9-11-32-12-10-29)25-17-5-4-6-18(13-17)33(30,31)28(2)3/h4-8,13-15H,9-12H2,1-3H3,(H,23,24)(H,25,26,27). The van der Waals surface area contributed by atoms with Crippen LogP contribution in [0.2, 0.25) is 0 Å². The topological polar surface area (TPSA) is 113 Å². The van der Waals surface area contributed by atoms with Gasteiger partial charge in [-0.15, -0.1) is 0 Å². The van der Waals surface area contributed by atoms with E-state index in [-0.39, 0.29) is 4.90 Å². The lowest BCUT2D eigenvalue weighted by atomic mass is 10.2. The van der Waals surface area contributed by atoms with Gasteiger partial charge in [-0.3, -0.25) is 0 Å². The van der Waals surface area contributed by atoms with Crippen LogP contribution in [-0.2, 0) is 14.8 Å². The Morgan fingerprint density at radius 2 is 1.82 bits per heavy atom. The number of hydrogen-bond donors (Lipinski definition) is 2. The number of pyridine rings is 1. The van der Waals surface area contributed by atoms with E-state index in [1.54, 1.807) is 30.5 Å². The molecule has 0 bridgehead atoms. The lowest BCUT2D eigenvalue weighted by Gasteiger charge is -2.27. The first-order valence-corrected chi connectivity index (χ1v) is 12.0. The van der Waals surface area contributed by atoms with Gasteiger partial charge < -0.3 is 20.3 Å². The fraction of sp³-hybridized carbons (Fsp3) is 0.318. The highest BCUT2D eigenvalue weighted by atomic mass is 32.2. The van der Waals surface area contributed by atoms with E-state index in [1.165, 1.54) is 18.4 Å². The van der Waals surface area contributed by atoms with Gasteiger partial charge in [-0.2, -0.15) is 4.98 Å². The van der Waals surface area contributed by atoms with Gasteiger partial charge in [0, 0.05) is 57.7 Å². The fourth-order valence-corrected chi connectivity index (χ4v) is 4.29. The van der Waals surface area contributed by atoms with Gasteiger partial charge in [0.25, 0.3) is 0 Å². The molecule has 2 N–H and O–H groups in total. The van der Waals surface area contributed by atoms with E-state index in [4.69, 9.17) is 14.7 Å². The zero-order valence-electron chi connectivity index (χ0n) is 18.8. The molecule has 1 saturated heterocycles. The quantitative estimate of drug-likeness (QED) is 0.539. The summed E-state index contributed by atoms with van der Waals surface area (Å²) in [5.41, 5.74) is 2.17. The van der Waals surface area contributed by atoms with Crippen LogP contribution in [0.25, 0.3) is 11.3 Å². The predicted molar refractivity (Wildman–Crippen MR) is 128 cm³/mol. The molecule has 0 amide bonds. The molecule has 33 heavy (non-hydrogen) atoms. The van der Waals surface area contributed by atoms with Gasteiger partial charge in [0.15, 0.2) is 0 Å². The Kier molecular flexibility index (Phi) is 6.72. The molecule has 0 aliphatic carbocycles. The Labute approximate surface area is 193 Å². The van der Waals surface area contributed by atoms with Crippen molar-refractivity contribution in [3.05, 3.63) is 48.7 Å². The molecule has 3 heterocycles. The summed E-state index contributed by atoms with van der Waals surface area (Å²) in [5, 5.41) is 6.25. The van der Waals surface area contributed by atoms with Crippen LogP contribution in [0, 0.1) is 0 Å². The molecule has 10 nitrogen and oxygen atoms in total. The van der Waals surface area contributed by atoms with Gasteiger partial charge in [0.1, 0.15) is 11.6 Å². The van der Waals surface area contributed by atoms with Crippen LogP contribution >= 0.6 is 0 Å². The second-order valence-corrected chi connectivity index (χ2v) is 9.81. The molecular weight excluding hydrogens is 442 g/mol. The Balaban J connectivity index is 1.71. The first-order chi connectivity index (χ1) is 15.9. The highest BCUT2D eigenvalue weighted by Crippen LogP contribution is 2.27. The van der Waals surface area contributed by atoms with E-state index < -0.39 is 10.0 Å². The predicted octanol–water partition coefficient (Wildman–Crippen LogP) is 2.41. The van der Waals surface area contributed by atoms with Crippen molar-refractivity contribution < 1.29 is 13.2 Å². The first kappa shape index (κ1) is 22.9. The number of sulfonamides is 1. The molecule has 1 aliphatic rings. The summed E-state index contributed by atoms with van der Waals surface area (Å²) in [6, 6.07) is 12.3. The van der Waals surface area contributed by atoms with Gasteiger partial charge in [0.05, 0.1) is 23.8 Å². The Hall–Kier alpha value is -3.28. The zero-order valence-corrected chi connectivity index (χ0v) is 19.6. The zero-order chi connectivity index (χ0) is 23.4. The van der Waals surface area contributed by atoms with Crippen LogP contribution in [0.4, 0.5) is 23.3 Å². The normalized spacial score (nSPS) is 14.4. The minimum Gasteiger partial charge on any atom is -0.378 e. The van der Waals surface area contributed by atoms with Crippen LogP contribution in [0.3, 0.4) is 0 Å². The SMILES string of the molecule is CNc1ccc(-c2cc(Nc3cccc(S(=O)(=O)N(C)C)c3)nc(N3CCOCC3)n2)cn1. The summed E-state index contributed by atoms with van der Waals surface area (Å²) in [6.07, 6.45) is 1.76. The van der Waals surface area contributed by atoms with E-state index in [1.807, 2.05) is 25.2 Å². The molecule has 4 rings (SSSR count).